The standard InChI is InChI=1S/C17H24N4/c1-14-12-15(7-8-18-14)5-6-16-4-3-10-21(16)13-17-19-9-11-20(17)2/h7-9,11-12,16H,3-6,10,13H2,1-2H3/t16-/m0/s1. The average molecular weight is 284 g/mol. The molecule has 112 valence electrons. The van der Waals surface area contributed by atoms with Gasteiger partial charge in [0.1, 0.15) is 5.82 Å². The number of imidazole rings is 1. The van der Waals surface area contributed by atoms with Crippen LogP contribution in [0.25, 0.3) is 0 Å². The summed E-state index contributed by atoms with van der Waals surface area (Å²) in [4.78, 5) is 11.3. The molecule has 0 N–H and O–H groups in total. The SMILES string of the molecule is Cc1cc(CC[C@@H]2CCCN2Cc2nccn2C)ccn1. The molecule has 0 aliphatic carbocycles. The van der Waals surface area contributed by atoms with Gasteiger partial charge in [-0.2, -0.15) is 0 Å². The van der Waals surface area contributed by atoms with Gasteiger partial charge in [-0.1, -0.05) is 0 Å². The fourth-order valence-corrected chi connectivity index (χ4v) is 3.25. The second-order valence-electron chi connectivity index (χ2n) is 6.07. The number of hydrogen-bond acceptors (Lipinski definition) is 3. The quantitative estimate of drug-likeness (QED) is 0.846. The van der Waals surface area contributed by atoms with E-state index in [1.165, 1.54) is 37.2 Å². The molecule has 0 amide bonds. The van der Waals surface area contributed by atoms with Crippen LogP contribution in [0.5, 0.6) is 0 Å². The van der Waals surface area contributed by atoms with Crippen LogP contribution in [-0.2, 0) is 20.0 Å². The molecule has 3 heterocycles. The first-order valence-corrected chi connectivity index (χ1v) is 7.84. The van der Waals surface area contributed by atoms with Gasteiger partial charge in [0, 0.05) is 37.4 Å². The third-order valence-corrected chi connectivity index (χ3v) is 4.49. The van der Waals surface area contributed by atoms with E-state index in [0.717, 1.165) is 18.7 Å². The average Bonchev–Trinajstić information content (AvgIpc) is 3.07. The van der Waals surface area contributed by atoms with E-state index in [-0.39, 0.29) is 0 Å². The highest BCUT2D eigenvalue weighted by Gasteiger charge is 2.25. The first kappa shape index (κ1) is 14.3. The van der Waals surface area contributed by atoms with Crippen molar-refractivity contribution in [2.75, 3.05) is 6.54 Å². The lowest BCUT2D eigenvalue weighted by atomic mass is 10.0. The number of likely N-dealkylation sites (tertiary alicyclic amines) is 1. The molecule has 0 aromatic carbocycles. The molecule has 2 aromatic heterocycles. The summed E-state index contributed by atoms with van der Waals surface area (Å²) in [5, 5.41) is 0. The Bertz CT molecular complexity index is 590. The Labute approximate surface area is 126 Å². The van der Waals surface area contributed by atoms with Crippen molar-refractivity contribution in [3.8, 4) is 0 Å². The van der Waals surface area contributed by atoms with Gasteiger partial charge in [0.2, 0.25) is 0 Å². The summed E-state index contributed by atoms with van der Waals surface area (Å²) in [6.07, 6.45) is 10.8. The number of aromatic nitrogens is 3. The van der Waals surface area contributed by atoms with Crippen LogP contribution in [0, 0.1) is 6.92 Å². The van der Waals surface area contributed by atoms with Crippen molar-refractivity contribution in [1.29, 1.82) is 0 Å². The van der Waals surface area contributed by atoms with Gasteiger partial charge in [-0.15, -0.1) is 0 Å². The van der Waals surface area contributed by atoms with E-state index in [1.54, 1.807) is 0 Å². The van der Waals surface area contributed by atoms with E-state index < -0.39 is 0 Å². The highest BCUT2D eigenvalue weighted by atomic mass is 15.2. The summed E-state index contributed by atoms with van der Waals surface area (Å²) >= 11 is 0. The van der Waals surface area contributed by atoms with E-state index >= 15 is 0 Å². The molecule has 0 radical (unpaired) electrons. The number of hydrogen-bond donors (Lipinski definition) is 0. The molecule has 0 spiro atoms. The Balaban J connectivity index is 1.58. The summed E-state index contributed by atoms with van der Waals surface area (Å²) < 4.78 is 2.13. The first-order chi connectivity index (χ1) is 10.2. The molecular weight excluding hydrogens is 260 g/mol. The lowest BCUT2D eigenvalue weighted by molar-refractivity contribution is 0.227. The van der Waals surface area contributed by atoms with Gasteiger partial charge in [-0.3, -0.25) is 9.88 Å². The number of nitrogens with zero attached hydrogens (tertiary/aromatic N) is 4. The Hall–Kier alpha value is -1.68. The molecule has 4 nitrogen and oxygen atoms in total. The molecule has 1 fully saturated rings. The van der Waals surface area contributed by atoms with Gasteiger partial charge >= 0.3 is 0 Å². The van der Waals surface area contributed by atoms with E-state index in [2.05, 4.69) is 45.5 Å². The molecule has 0 bridgehead atoms. The summed E-state index contributed by atoms with van der Waals surface area (Å²) in [6, 6.07) is 5.04. The van der Waals surface area contributed by atoms with Crippen LogP contribution >= 0.6 is 0 Å². The van der Waals surface area contributed by atoms with Crippen LogP contribution in [0.2, 0.25) is 0 Å². The van der Waals surface area contributed by atoms with Gasteiger partial charge in [0.05, 0.1) is 6.54 Å². The van der Waals surface area contributed by atoms with Gasteiger partial charge in [-0.05, 0) is 56.8 Å². The smallest absolute Gasteiger partial charge is 0.122 e. The van der Waals surface area contributed by atoms with Gasteiger partial charge in [-0.25, -0.2) is 4.98 Å². The summed E-state index contributed by atoms with van der Waals surface area (Å²) in [5.41, 5.74) is 2.52. The molecule has 0 unspecified atom stereocenters. The van der Waals surface area contributed by atoms with Crippen molar-refractivity contribution in [1.82, 2.24) is 19.4 Å². The number of pyridine rings is 1. The zero-order valence-corrected chi connectivity index (χ0v) is 13.0. The zero-order chi connectivity index (χ0) is 14.7. The van der Waals surface area contributed by atoms with Crippen molar-refractivity contribution in [2.24, 2.45) is 7.05 Å². The van der Waals surface area contributed by atoms with Crippen LogP contribution in [0.4, 0.5) is 0 Å². The summed E-state index contributed by atoms with van der Waals surface area (Å²) in [5.74, 6) is 1.17. The third kappa shape index (κ3) is 3.50. The number of rotatable bonds is 5. The molecule has 1 aliphatic heterocycles. The van der Waals surface area contributed by atoms with Crippen LogP contribution < -0.4 is 0 Å². The fraction of sp³-hybridized carbons (Fsp3) is 0.529. The normalized spacial score (nSPS) is 19.2. The van der Waals surface area contributed by atoms with E-state index in [4.69, 9.17) is 0 Å². The lowest BCUT2D eigenvalue weighted by Crippen LogP contribution is -2.30. The van der Waals surface area contributed by atoms with Crippen molar-refractivity contribution in [3.63, 3.8) is 0 Å². The molecule has 2 aromatic rings. The topological polar surface area (TPSA) is 34.0 Å². The van der Waals surface area contributed by atoms with Crippen LogP contribution in [0.1, 0.15) is 36.3 Å². The molecule has 1 saturated heterocycles. The lowest BCUT2D eigenvalue weighted by Gasteiger charge is -2.24. The van der Waals surface area contributed by atoms with Crippen molar-refractivity contribution < 1.29 is 0 Å². The van der Waals surface area contributed by atoms with Crippen molar-refractivity contribution in [3.05, 3.63) is 47.8 Å². The molecular formula is C17H24N4. The second-order valence-corrected chi connectivity index (χ2v) is 6.07. The predicted molar refractivity (Wildman–Crippen MR) is 83.9 cm³/mol. The third-order valence-electron chi connectivity index (χ3n) is 4.49. The summed E-state index contributed by atoms with van der Waals surface area (Å²) in [7, 11) is 2.08. The first-order valence-electron chi connectivity index (χ1n) is 7.84. The Morgan fingerprint density at radius 1 is 1.29 bits per heavy atom. The molecule has 21 heavy (non-hydrogen) atoms. The molecule has 3 rings (SSSR count). The largest absolute Gasteiger partial charge is 0.337 e. The van der Waals surface area contributed by atoms with Gasteiger partial charge < -0.3 is 4.57 Å². The molecule has 0 saturated carbocycles. The highest BCUT2D eigenvalue weighted by Crippen LogP contribution is 2.23. The fourth-order valence-electron chi connectivity index (χ4n) is 3.25. The minimum Gasteiger partial charge on any atom is -0.337 e. The van der Waals surface area contributed by atoms with Crippen LogP contribution in [-0.4, -0.2) is 32.0 Å². The maximum atomic E-state index is 4.46. The van der Waals surface area contributed by atoms with Crippen LogP contribution in [0.15, 0.2) is 30.7 Å². The molecule has 1 atom stereocenters. The summed E-state index contributed by atoms with van der Waals surface area (Å²) in [6.45, 7) is 4.24. The van der Waals surface area contributed by atoms with E-state index in [1.807, 2.05) is 18.6 Å². The van der Waals surface area contributed by atoms with Crippen molar-refractivity contribution in [2.45, 2.75) is 45.2 Å². The molecule has 4 heteroatoms. The van der Waals surface area contributed by atoms with Gasteiger partial charge in [0.15, 0.2) is 0 Å². The van der Waals surface area contributed by atoms with Crippen molar-refractivity contribution >= 4 is 0 Å². The monoisotopic (exact) mass is 284 g/mol. The van der Waals surface area contributed by atoms with E-state index in [0.29, 0.717) is 6.04 Å². The minimum atomic E-state index is 0.690. The zero-order valence-electron chi connectivity index (χ0n) is 13.0. The van der Waals surface area contributed by atoms with Gasteiger partial charge in [0.25, 0.3) is 0 Å². The maximum absolute atomic E-state index is 4.46. The molecule has 1 aliphatic rings. The highest BCUT2D eigenvalue weighted by molar-refractivity contribution is 5.15. The minimum absolute atomic E-state index is 0.690. The number of aryl methyl sites for hydroxylation is 3. The Morgan fingerprint density at radius 3 is 2.95 bits per heavy atom. The Kier molecular flexibility index (Phi) is 4.34. The Morgan fingerprint density at radius 2 is 2.19 bits per heavy atom. The second kappa shape index (κ2) is 6.39. The van der Waals surface area contributed by atoms with E-state index in [9.17, 15) is 0 Å². The van der Waals surface area contributed by atoms with Crippen LogP contribution in [0.3, 0.4) is 0 Å². The predicted octanol–water partition coefficient (Wildman–Crippen LogP) is 2.72. The maximum Gasteiger partial charge on any atom is 0.122 e.